The first-order valence-electron chi connectivity index (χ1n) is 5.80. The fourth-order valence-corrected chi connectivity index (χ4v) is 2.94. The molecule has 2 aromatic carbocycles. The Hall–Kier alpha value is -1.10. The van der Waals surface area contributed by atoms with E-state index in [1.807, 2.05) is 22.8 Å². The van der Waals surface area contributed by atoms with Crippen molar-refractivity contribution in [2.24, 2.45) is 0 Å². The van der Waals surface area contributed by atoms with E-state index in [4.69, 9.17) is 23.2 Å². The number of fused-ring (bicyclic) bond motifs is 1. The predicted octanol–water partition coefficient (Wildman–Crippen LogP) is 5.29. The van der Waals surface area contributed by atoms with Crippen LogP contribution in [0.4, 0.5) is 4.39 Å². The van der Waals surface area contributed by atoms with Gasteiger partial charge in [-0.25, -0.2) is 9.37 Å². The number of aromatic nitrogens is 2. The summed E-state index contributed by atoms with van der Waals surface area (Å²) in [5, 5.41) is 0.483. The zero-order valence-electron chi connectivity index (χ0n) is 10.1. The molecule has 3 aromatic rings. The molecule has 6 heteroatoms. The average molecular weight is 374 g/mol. The summed E-state index contributed by atoms with van der Waals surface area (Å²) >= 11 is 15.4. The highest BCUT2D eigenvalue weighted by Gasteiger charge is 2.12. The van der Waals surface area contributed by atoms with E-state index in [1.54, 1.807) is 12.1 Å². The minimum atomic E-state index is -0.431. The van der Waals surface area contributed by atoms with Gasteiger partial charge in [-0.1, -0.05) is 23.7 Å². The third-order valence-corrected chi connectivity index (χ3v) is 4.23. The Morgan fingerprint density at radius 1 is 1.20 bits per heavy atom. The van der Waals surface area contributed by atoms with Crippen molar-refractivity contribution in [2.45, 2.75) is 6.54 Å². The van der Waals surface area contributed by atoms with E-state index in [-0.39, 0.29) is 5.02 Å². The van der Waals surface area contributed by atoms with Crippen LogP contribution >= 0.6 is 39.1 Å². The number of para-hydroxylation sites is 1. The van der Waals surface area contributed by atoms with Gasteiger partial charge in [-0.2, -0.15) is 0 Å². The van der Waals surface area contributed by atoms with Crippen molar-refractivity contribution in [3.8, 4) is 0 Å². The van der Waals surface area contributed by atoms with Gasteiger partial charge in [0.25, 0.3) is 0 Å². The molecule has 0 N–H and O–H groups in total. The molecule has 0 aliphatic rings. The number of nitrogens with zero attached hydrogens (tertiary/aromatic N) is 2. The van der Waals surface area contributed by atoms with E-state index in [1.165, 1.54) is 6.07 Å². The van der Waals surface area contributed by atoms with Crippen LogP contribution in [-0.4, -0.2) is 9.55 Å². The number of imidazole rings is 1. The Labute approximate surface area is 133 Å². The fraction of sp³-hybridized carbons (Fsp3) is 0.0714. The molecule has 0 radical (unpaired) electrons. The van der Waals surface area contributed by atoms with Crippen LogP contribution in [0.5, 0.6) is 0 Å². The zero-order chi connectivity index (χ0) is 14.3. The molecular formula is C14H8BrCl2FN2. The number of halogens is 4. The van der Waals surface area contributed by atoms with Crippen molar-refractivity contribution in [1.29, 1.82) is 0 Å². The maximum Gasteiger partial charge on any atom is 0.204 e. The van der Waals surface area contributed by atoms with Crippen molar-refractivity contribution in [3.05, 3.63) is 62.6 Å². The molecule has 1 aromatic heterocycles. The van der Waals surface area contributed by atoms with Gasteiger partial charge in [0.05, 0.1) is 17.1 Å². The van der Waals surface area contributed by atoms with Gasteiger partial charge < -0.3 is 4.57 Å². The molecule has 0 spiro atoms. The van der Waals surface area contributed by atoms with Crippen molar-refractivity contribution in [1.82, 2.24) is 9.55 Å². The summed E-state index contributed by atoms with van der Waals surface area (Å²) in [6.07, 6.45) is 0. The first-order valence-corrected chi connectivity index (χ1v) is 7.35. The quantitative estimate of drug-likeness (QED) is 0.596. The standard InChI is InChI=1S/C14H8BrCl2FN2/c15-9-2-1-3-12-13(9)19-14(17)20(12)7-8-4-5-11(18)10(16)6-8/h1-6H,7H2. The van der Waals surface area contributed by atoms with E-state index in [0.29, 0.717) is 11.8 Å². The van der Waals surface area contributed by atoms with E-state index >= 15 is 0 Å². The largest absolute Gasteiger partial charge is 0.310 e. The van der Waals surface area contributed by atoms with Crippen LogP contribution in [0.1, 0.15) is 5.56 Å². The maximum atomic E-state index is 13.2. The van der Waals surface area contributed by atoms with Gasteiger partial charge in [0.2, 0.25) is 5.28 Å². The Kier molecular flexibility index (Phi) is 3.71. The van der Waals surface area contributed by atoms with Crippen LogP contribution < -0.4 is 0 Å². The molecule has 0 aliphatic heterocycles. The van der Waals surface area contributed by atoms with Gasteiger partial charge >= 0.3 is 0 Å². The molecule has 3 rings (SSSR count). The predicted molar refractivity (Wildman–Crippen MR) is 83.0 cm³/mol. The third kappa shape index (κ3) is 2.43. The summed E-state index contributed by atoms with van der Waals surface area (Å²) in [5.41, 5.74) is 2.56. The number of hydrogen-bond acceptors (Lipinski definition) is 1. The van der Waals surface area contributed by atoms with Crippen LogP contribution in [0.15, 0.2) is 40.9 Å². The molecule has 0 bridgehead atoms. The highest BCUT2D eigenvalue weighted by Crippen LogP contribution is 2.27. The second-order valence-electron chi connectivity index (χ2n) is 4.32. The summed E-state index contributed by atoms with van der Waals surface area (Å²) in [7, 11) is 0. The molecule has 0 unspecified atom stereocenters. The highest BCUT2D eigenvalue weighted by atomic mass is 79.9. The van der Waals surface area contributed by atoms with E-state index < -0.39 is 5.82 Å². The second-order valence-corrected chi connectivity index (χ2v) is 5.92. The Bertz CT molecular complexity index is 801. The summed E-state index contributed by atoms with van der Waals surface area (Å²) in [6, 6.07) is 10.4. The lowest BCUT2D eigenvalue weighted by Gasteiger charge is -2.07. The Morgan fingerprint density at radius 2 is 2.00 bits per heavy atom. The molecule has 0 amide bonds. The molecule has 0 fully saturated rings. The normalized spacial score (nSPS) is 11.2. The fourth-order valence-electron chi connectivity index (χ4n) is 2.06. The number of hydrogen-bond donors (Lipinski definition) is 0. The minimum absolute atomic E-state index is 0.101. The third-order valence-electron chi connectivity index (χ3n) is 3.01. The van der Waals surface area contributed by atoms with Gasteiger partial charge in [0, 0.05) is 4.47 Å². The molecule has 0 atom stereocenters. The highest BCUT2D eigenvalue weighted by molar-refractivity contribution is 9.10. The van der Waals surface area contributed by atoms with Gasteiger partial charge in [-0.15, -0.1) is 0 Å². The lowest BCUT2D eigenvalue weighted by molar-refractivity contribution is 0.627. The smallest absolute Gasteiger partial charge is 0.204 e. The first kappa shape index (κ1) is 13.9. The van der Waals surface area contributed by atoms with Crippen LogP contribution in [0, 0.1) is 5.82 Å². The van der Waals surface area contributed by atoms with Crippen molar-refractivity contribution in [3.63, 3.8) is 0 Å². The number of rotatable bonds is 2. The van der Waals surface area contributed by atoms with Crippen molar-refractivity contribution >= 4 is 50.2 Å². The topological polar surface area (TPSA) is 17.8 Å². The molecule has 2 nitrogen and oxygen atoms in total. The van der Waals surface area contributed by atoms with Gasteiger partial charge in [0.1, 0.15) is 11.3 Å². The van der Waals surface area contributed by atoms with Crippen molar-refractivity contribution in [2.75, 3.05) is 0 Å². The van der Waals surface area contributed by atoms with Crippen LogP contribution in [0.2, 0.25) is 10.3 Å². The zero-order valence-corrected chi connectivity index (χ0v) is 13.2. The van der Waals surface area contributed by atoms with Crippen LogP contribution in [0.25, 0.3) is 11.0 Å². The summed E-state index contributed by atoms with van der Waals surface area (Å²) in [5.74, 6) is -0.431. The molecule has 102 valence electrons. The lowest BCUT2D eigenvalue weighted by Crippen LogP contribution is -2.00. The molecular weight excluding hydrogens is 366 g/mol. The van der Waals surface area contributed by atoms with Crippen LogP contribution in [0.3, 0.4) is 0 Å². The van der Waals surface area contributed by atoms with Gasteiger partial charge in [-0.05, 0) is 57.4 Å². The molecule has 0 aliphatic carbocycles. The monoisotopic (exact) mass is 372 g/mol. The SMILES string of the molecule is Fc1ccc(Cn2c(Cl)nc3c(Br)cccc32)cc1Cl. The summed E-state index contributed by atoms with van der Waals surface area (Å²) in [6.45, 7) is 0.478. The summed E-state index contributed by atoms with van der Waals surface area (Å²) < 4.78 is 15.9. The molecule has 0 saturated heterocycles. The average Bonchev–Trinajstić information content (AvgIpc) is 2.73. The van der Waals surface area contributed by atoms with E-state index in [0.717, 1.165) is 21.1 Å². The van der Waals surface area contributed by atoms with Gasteiger partial charge in [-0.3, -0.25) is 0 Å². The van der Waals surface area contributed by atoms with Crippen molar-refractivity contribution < 1.29 is 4.39 Å². The maximum absolute atomic E-state index is 13.2. The molecule has 20 heavy (non-hydrogen) atoms. The molecule has 0 saturated carbocycles. The van der Waals surface area contributed by atoms with Crippen LogP contribution in [-0.2, 0) is 6.54 Å². The minimum Gasteiger partial charge on any atom is -0.310 e. The number of benzene rings is 2. The second kappa shape index (κ2) is 5.35. The lowest BCUT2D eigenvalue weighted by atomic mass is 10.2. The van der Waals surface area contributed by atoms with Gasteiger partial charge in [0.15, 0.2) is 0 Å². The molecule has 1 heterocycles. The summed E-state index contributed by atoms with van der Waals surface area (Å²) in [4.78, 5) is 4.32. The Morgan fingerprint density at radius 3 is 2.75 bits per heavy atom. The Balaban J connectivity index is 2.08. The first-order chi connectivity index (χ1) is 9.56. The van der Waals surface area contributed by atoms with E-state index in [9.17, 15) is 4.39 Å². The van der Waals surface area contributed by atoms with E-state index in [2.05, 4.69) is 20.9 Å².